The second-order valence-corrected chi connectivity index (χ2v) is 5.63. The molecule has 94 valence electrons. The van der Waals surface area contributed by atoms with Crippen LogP contribution in [-0.4, -0.2) is 23.8 Å². The van der Waals surface area contributed by atoms with E-state index >= 15 is 0 Å². The maximum atomic E-state index is 10.7. The molecule has 1 saturated heterocycles. The Balaban J connectivity index is 2.22. The Morgan fingerprint density at radius 1 is 1.47 bits per heavy atom. The van der Waals surface area contributed by atoms with Crippen molar-refractivity contribution in [1.29, 1.82) is 0 Å². The number of nitrogens with one attached hydrogen (secondary N) is 1. The molecule has 17 heavy (non-hydrogen) atoms. The van der Waals surface area contributed by atoms with E-state index in [1.165, 1.54) is 0 Å². The van der Waals surface area contributed by atoms with Crippen LogP contribution in [0.3, 0.4) is 0 Å². The number of rotatable bonds is 2. The molecule has 1 aromatic carbocycles. The van der Waals surface area contributed by atoms with Crippen molar-refractivity contribution in [3.8, 4) is 0 Å². The fourth-order valence-electron chi connectivity index (χ4n) is 2.34. The summed E-state index contributed by atoms with van der Waals surface area (Å²) in [7, 11) is 0. The quantitative estimate of drug-likeness (QED) is 0.869. The van der Waals surface area contributed by atoms with Crippen molar-refractivity contribution in [2.24, 2.45) is 5.92 Å². The van der Waals surface area contributed by atoms with Crippen molar-refractivity contribution in [2.45, 2.75) is 25.4 Å². The zero-order chi connectivity index (χ0) is 12.5. The highest BCUT2D eigenvalue weighted by molar-refractivity contribution is 6.42. The van der Waals surface area contributed by atoms with E-state index in [1.54, 1.807) is 6.07 Å². The van der Waals surface area contributed by atoms with E-state index in [-0.39, 0.29) is 5.92 Å². The van der Waals surface area contributed by atoms with Gasteiger partial charge in [-0.15, -0.1) is 0 Å². The smallest absolute Gasteiger partial charge is 0.0738 e. The zero-order valence-corrected chi connectivity index (χ0v) is 11.4. The van der Waals surface area contributed by atoms with E-state index in [4.69, 9.17) is 23.2 Å². The number of piperidine rings is 1. The average Bonchev–Trinajstić information content (AvgIpc) is 2.29. The summed E-state index contributed by atoms with van der Waals surface area (Å²) in [4.78, 5) is 0. The molecule has 2 unspecified atom stereocenters. The van der Waals surface area contributed by atoms with Gasteiger partial charge >= 0.3 is 0 Å². The minimum atomic E-state index is -0.681. The first-order valence-electron chi connectivity index (χ1n) is 5.89. The molecule has 1 heterocycles. The molecule has 0 spiro atoms. The van der Waals surface area contributed by atoms with Crippen molar-refractivity contribution >= 4 is 23.2 Å². The van der Waals surface area contributed by atoms with E-state index in [0.717, 1.165) is 25.1 Å². The van der Waals surface area contributed by atoms with Gasteiger partial charge in [-0.25, -0.2) is 0 Å². The van der Waals surface area contributed by atoms with E-state index in [2.05, 4.69) is 12.2 Å². The molecule has 2 atom stereocenters. The van der Waals surface area contributed by atoms with Crippen LogP contribution in [0.25, 0.3) is 0 Å². The Bertz CT molecular complexity index is 410. The highest BCUT2D eigenvalue weighted by Crippen LogP contribution is 2.33. The van der Waals surface area contributed by atoms with Gasteiger partial charge in [-0.1, -0.05) is 42.3 Å². The summed E-state index contributed by atoms with van der Waals surface area (Å²) in [6.07, 6.45) is 1.31. The van der Waals surface area contributed by atoms with Crippen molar-refractivity contribution in [3.63, 3.8) is 0 Å². The summed E-state index contributed by atoms with van der Waals surface area (Å²) in [5, 5.41) is 15.1. The maximum absolute atomic E-state index is 10.7. The van der Waals surface area contributed by atoms with E-state index in [9.17, 15) is 5.11 Å². The number of hydrogen-bond acceptors (Lipinski definition) is 2. The van der Waals surface area contributed by atoms with Crippen molar-refractivity contribution in [1.82, 2.24) is 5.32 Å². The van der Waals surface area contributed by atoms with Crippen molar-refractivity contribution in [3.05, 3.63) is 33.8 Å². The molecule has 4 heteroatoms. The number of hydrogen-bond donors (Lipinski definition) is 2. The predicted octanol–water partition coefficient (Wildman–Crippen LogP) is 2.90. The molecule has 1 aromatic rings. The van der Waals surface area contributed by atoms with Crippen LogP contribution in [0, 0.1) is 5.92 Å². The number of benzene rings is 1. The van der Waals surface area contributed by atoms with Crippen LogP contribution in [-0.2, 0) is 6.42 Å². The molecule has 2 N–H and O–H groups in total. The zero-order valence-electron chi connectivity index (χ0n) is 9.84. The largest absolute Gasteiger partial charge is 0.389 e. The Morgan fingerprint density at radius 2 is 2.24 bits per heavy atom. The van der Waals surface area contributed by atoms with Crippen molar-refractivity contribution in [2.75, 3.05) is 13.1 Å². The van der Waals surface area contributed by atoms with Crippen LogP contribution in [0.2, 0.25) is 10.0 Å². The lowest BCUT2D eigenvalue weighted by atomic mass is 9.78. The van der Waals surface area contributed by atoms with Crippen molar-refractivity contribution < 1.29 is 5.11 Å². The molecule has 2 nitrogen and oxygen atoms in total. The molecule has 0 bridgehead atoms. The lowest BCUT2D eigenvalue weighted by Gasteiger charge is -2.39. The van der Waals surface area contributed by atoms with Gasteiger partial charge in [0.1, 0.15) is 0 Å². The SMILES string of the molecule is CC1CNCCC1(O)Cc1cccc(Cl)c1Cl. The highest BCUT2D eigenvalue weighted by atomic mass is 35.5. The second-order valence-electron chi connectivity index (χ2n) is 4.85. The maximum Gasteiger partial charge on any atom is 0.0738 e. The third kappa shape index (κ3) is 2.76. The lowest BCUT2D eigenvalue weighted by molar-refractivity contribution is -0.0329. The van der Waals surface area contributed by atoms with Crippen LogP contribution in [0.1, 0.15) is 18.9 Å². The van der Waals surface area contributed by atoms with Crippen LogP contribution in [0.15, 0.2) is 18.2 Å². The van der Waals surface area contributed by atoms with Crippen LogP contribution < -0.4 is 5.32 Å². The van der Waals surface area contributed by atoms with Gasteiger partial charge < -0.3 is 10.4 Å². The summed E-state index contributed by atoms with van der Waals surface area (Å²) >= 11 is 12.2. The Labute approximate surface area is 112 Å². The molecule has 0 amide bonds. The van der Waals surface area contributed by atoms with Gasteiger partial charge in [0.05, 0.1) is 15.6 Å². The molecule has 1 fully saturated rings. The summed E-state index contributed by atoms with van der Waals surface area (Å²) in [6.45, 7) is 3.75. The van der Waals surface area contributed by atoms with Crippen LogP contribution >= 0.6 is 23.2 Å². The standard InChI is InChI=1S/C13H17Cl2NO/c1-9-8-16-6-5-13(9,17)7-10-3-2-4-11(14)12(10)15/h2-4,9,16-17H,5-8H2,1H3. The van der Waals surface area contributed by atoms with Gasteiger partial charge in [0.25, 0.3) is 0 Å². The molecule has 2 rings (SSSR count). The van der Waals surface area contributed by atoms with Gasteiger partial charge in [0, 0.05) is 13.0 Å². The summed E-state index contributed by atoms with van der Waals surface area (Å²) < 4.78 is 0. The molecule has 0 radical (unpaired) electrons. The van der Waals surface area contributed by atoms with E-state index < -0.39 is 5.60 Å². The Kier molecular flexibility index (Phi) is 3.99. The second kappa shape index (κ2) is 5.15. The summed E-state index contributed by atoms with van der Waals surface area (Å²) in [5.74, 6) is 0.214. The predicted molar refractivity (Wildman–Crippen MR) is 71.8 cm³/mol. The Morgan fingerprint density at radius 3 is 2.94 bits per heavy atom. The molecular formula is C13H17Cl2NO. The topological polar surface area (TPSA) is 32.3 Å². The third-order valence-electron chi connectivity index (χ3n) is 3.63. The number of halogens is 2. The fourth-order valence-corrected chi connectivity index (χ4v) is 2.72. The van der Waals surface area contributed by atoms with E-state index in [0.29, 0.717) is 16.5 Å². The van der Waals surface area contributed by atoms with Gasteiger partial charge in [-0.05, 0) is 30.5 Å². The van der Waals surface area contributed by atoms with E-state index in [1.807, 2.05) is 12.1 Å². The Hall–Kier alpha value is -0.280. The first kappa shape index (κ1) is 13.2. The van der Waals surface area contributed by atoms with Crippen LogP contribution in [0.5, 0.6) is 0 Å². The average molecular weight is 274 g/mol. The van der Waals surface area contributed by atoms with Gasteiger partial charge in [0.15, 0.2) is 0 Å². The molecular weight excluding hydrogens is 257 g/mol. The molecule has 0 saturated carbocycles. The van der Waals surface area contributed by atoms with Gasteiger partial charge in [-0.2, -0.15) is 0 Å². The minimum Gasteiger partial charge on any atom is -0.389 e. The molecule has 1 aliphatic heterocycles. The summed E-state index contributed by atoms with van der Waals surface area (Å²) in [5.41, 5.74) is 0.245. The molecule has 0 aliphatic carbocycles. The minimum absolute atomic E-state index is 0.214. The van der Waals surface area contributed by atoms with Gasteiger partial charge in [0.2, 0.25) is 0 Å². The van der Waals surface area contributed by atoms with Crippen LogP contribution in [0.4, 0.5) is 0 Å². The van der Waals surface area contributed by atoms with Gasteiger partial charge in [-0.3, -0.25) is 0 Å². The highest BCUT2D eigenvalue weighted by Gasteiger charge is 2.36. The first-order chi connectivity index (χ1) is 8.03. The third-order valence-corrected chi connectivity index (χ3v) is 4.49. The normalized spacial score (nSPS) is 29.3. The first-order valence-corrected chi connectivity index (χ1v) is 6.64. The lowest BCUT2D eigenvalue weighted by Crippen LogP contribution is -2.50. The monoisotopic (exact) mass is 273 g/mol. The fraction of sp³-hybridized carbons (Fsp3) is 0.538. The molecule has 0 aromatic heterocycles. The summed E-state index contributed by atoms with van der Waals surface area (Å²) in [6, 6.07) is 5.57. The molecule has 1 aliphatic rings. The number of aliphatic hydroxyl groups is 1.